The monoisotopic (exact) mass is 193 g/mol. The van der Waals surface area contributed by atoms with E-state index in [-0.39, 0.29) is 5.69 Å². The van der Waals surface area contributed by atoms with Gasteiger partial charge in [0.15, 0.2) is 11.5 Å². The molecule has 0 saturated heterocycles. The first kappa shape index (κ1) is 10.2. The fourth-order valence-electron chi connectivity index (χ4n) is 0.864. The topological polar surface area (TPSA) is 78.3 Å². The Hall–Kier alpha value is -1.91. The molecule has 74 valence electrons. The van der Waals surface area contributed by atoms with Crippen molar-refractivity contribution in [2.75, 3.05) is 0 Å². The van der Waals surface area contributed by atoms with Gasteiger partial charge in [0, 0.05) is 12.4 Å². The molecule has 5 heteroatoms. The molecule has 0 aliphatic carbocycles. The van der Waals surface area contributed by atoms with E-state index in [0.717, 1.165) is 0 Å². The van der Waals surface area contributed by atoms with Crippen molar-refractivity contribution >= 4 is 11.7 Å². The first-order valence-corrected chi connectivity index (χ1v) is 4.09. The first-order chi connectivity index (χ1) is 6.65. The largest absolute Gasteiger partial charge is 0.476 e. The number of aromatic amines is 1. The minimum atomic E-state index is -1.05. The van der Waals surface area contributed by atoms with Crippen LogP contribution in [0.5, 0.6) is 0 Å². The van der Waals surface area contributed by atoms with E-state index < -0.39 is 5.97 Å². The molecule has 0 aliphatic rings. The molecule has 0 unspecified atom stereocenters. The molecule has 1 aromatic heterocycles. The zero-order valence-corrected chi connectivity index (χ0v) is 7.98. The number of hydrogen-bond acceptors (Lipinski definition) is 3. The van der Waals surface area contributed by atoms with Gasteiger partial charge < -0.3 is 10.1 Å². The van der Waals surface area contributed by atoms with Gasteiger partial charge in [0.1, 0.15) is 0 Å². The van der Waals surface area contributed by atoms with E-state index in [1.165, 1.54) is 6.20 Å². The Kier molecular flexibility index (Phi) is 3.17. The zero-order chi connectivity index (χ0) is 10.6. The van der Waals surface area contributed by atoms with Gasteiger partial charge in [0.2, 0.25) is 0 Å². The van der Waals surface area contributed by atoms with Gasteiger partial charge in [-0.2, -0.15) is 0 Å². The van der Waals surface area contributed by atoms with Crippen LogP contribution >= 0.6 is 0 Å². The van der Waals surface area contributed by atoms with Crippen LogP contribution < -0.4 is 0 Å². The standard InChI is InChI=1S/C9H11N3O2/c1-3-4-10-6(2)8-11-5-7(12-8)9(13)14/h3-5H,1-2H3,(H,11,12)(H,13,14)/b4-3-,10-6+. The van der Waals surface area contributed by atoms with Gasteiger partial charge in [-0.05, 0) is 13.8 Å². The zero-order valence-electron chi connectivity index (χ0n) is 7.98. The molecule has 5 nitrogen and oxygen atoms in total. The number of nitrogens with zero attached hydrogens (tertiary/aromatic N) is 2. The Balaban J connectivity index is 2.91. The summed E-state index contributed by atoms with van der Waals surface area (Å²) in [5.41, 5.74) is 0.644. The molecule has 0 saturated carbocycles. The molecular weight excluding hydrogens is 182 g/mol. The van der Waals surface area contributed by atoms with Crippen LogP contribution in [0.4, 0.5) is 0 Å². The maximum Gasteiger partial charge on any atom is 0.356 e. The molecular formula is C9H11N3O2. The lowest BCUT2D eigenvalue weighted by atomic mass is 10.4. The summed E-state index contributed by atoms with van der Waals surface area (Å²) in [5.74, 6) is -0.577. The van der Waals surface area contributed by atoms with E-state index in [0.29, 0.717) is 11.5 Å². The van der Waals surface area contributed by atoms with E-state index in [1.54, 1.807) is 19.2 Å². The average Bonchev–Trinajstić information content (AvgIpc) is 2.62. The predicted octanol–water partition coefficient (Wildman–Crippen LogP) is 1.45. The number of carboxylic acids is 1. The maximum absolute atomic E-state index is 10.5. The van der Waals surface area contributed by atoms with Crippen molar-refractivity contribution < 1.29 is 9.90 Å². The molecule has 0 radical (unpaired) electrons. The summed E-state index contributed by atoms with van der Waals surface area (Å²) in [6, 6.07) is 0. The summed E-state index contributed by atoms with van der Waals surface area (Å²) in [6.45, 7) is 3.60. The number of aliphatic imine (C=N–C) groups is 1. The quantitative estimate of drug-likeness (QED) is 0.713. The molecule has 0 fully saturated rings. The highest BCUT2D eigenvalue weighted by Crippen LogP contribution is 1.99. The number of rotatable bonds is 3. The van der Waals surface area contributed by atoms with Gasteiger partial charge in [-0.15, -0.1) is 0 Å². The normalized spacial score (nSPS) is 12.3. The smallest absolute Gasteiger partial charge is 0.356 e. The van der Waals surface area contributed by atoms with Gasteiger partial charge in [-0.1, -0.05) is 6.08 Å². The van der Waals surface area contributed by atoms with Crippen LogP contribution in [-0.4, -0.2) is 26.8 Å². The lowest BCUT2D eigenvalue weighted by molar-refractivity contribution is 0.0691. The number of allylic oxidation sites excluding steroid dienone is 1. The second kappa shape index (κ2) is 4.36. The van der Waals surface area contributed by atoms with Crippen LogP contribution in [0, 0.1) is 0 Å². The maximum atomic E-state index is 10.5. The minimum Gasteiger partial charge on any atom is -0.476 e. The van der Waals surface area contributed by atoms with Crippen molar-refractivity contribution in [1.29, 1.82) is 0 Å². The molecule has 1 aromatic rings. The van der Waals surface area contributed by atoms with E-state index in [9.17, 15) is 4.79 Å². The van der Waals surface area contributed by atoms with E-state index in [4.69, 9.17) is 5.11 Å². The summed E-state index contributed by atoms with van der Waals surface area (Å²) in [5, 5.41) is 8.62. The second-order valence-electron chi connectivity index (χ2n) is 2.64. The average molecular weight is 193 g/mol. The fraction of sp³-hybridized carbons (Fsp3) is 0.222. The van der Waals surface area contributed by atoms with Crippen LogP contribution in [0.2, 0.25) is 0 Å². The van der Waals surface area contributed by atoms with E-state index in [2.05, 4.69) is 15.0 Å². The second-order valence-corrected chi connectivity index (χ2v) is 2.64. The lowest BCUT2D eigenvalue weighted by Gasteiger charge is -1.90. The molecule has 0 aromatic carbocycles. The highest BCUT2D eigenvalue weighted by Gasteiger charge is 2.08. The Morgan fingerprint density at radius 3 is 2.93 bits per heavy atom. The summed E-state index contributed by atoms with van der Waals surface area (Å²) in [6.07, 6.45) is 4.75. The van der Waals surface area contributed by atoms with Crippen LogP contribution in [-0.2, 0) is 0 Å². The van der Waals surface area contributed by atoms with E-state index in [1.807, 2.05) is 6.92 Å². The van der Waals surface area contributed by atoms with Crippen molar-refractivity contribution in [2.24, 2.45) is 4.99 Å². The summed E-state index contributed by atoms with van der Waals surface area (Å²) in [4.78, 5) is 21.1. The van der Waals surface area contributed by atoms with Gasteiger partial charge in [-0.3, -0.25) is 4.99 Å². The molecule has 1 rings (SSSR count). The third kappa shape index (κ3) is 2.29. The van der Waals surface area contributed by atoms with Crippen LogP contribution in [0.15, 0.2) is 23.5 Å². The number of carbonyl (C=O) groups is 1. The van der Waals surface area contributed by atoms with Crippen LogP contribution in [0.3, 0.4) is 0 Å². The Labute approximate surface area is 81.2 Å². The SMILES string of the molecule is C/C=C\N=C(/C)c1nc(C(=O)O)c[nH]1. The Bertz CT molecular complexity index is 391. The minimum absolute atomic E-state index is 0.00460. The molecule has 0 aliphatic heterocycles. The summed E-state index contributed by atoms with van der Waals surface area (Å²) < 4.78 is 0. The molecule has 14 heavy (non-hydrogen) atoms. The van der Waals surface area contributed by atoms with Crippen LogP contribution in [0.1, 0.15) is 30.2 Å². The van der Waals surface area contributed by atoms with Crippen LogP contribution in [0.25, 0.3) is 0 Å². The number of imidazole rings is 1. The lowest BCUT2D eigenvalue weighted by Crippen LogP contribution is -2.00. The predicted molar refractivity (Wildman–Crippen MR) is 52.6 cm³/mol. The van der Waals surface area contributed by atoms with Gasteiger partial charge in [0.25, 0.3) is 0 Å². The third-order valence-corrected chi connectivity index (χ3v) is 1.56. The molecule has 0 atom stereocenters. The molecule has 1 heterocycles. The summed E-state index contributed by atoms with van der Waals surface area (Å²) >= 11 is 0. The first-order valence-electron chi connectivity index (χ1n) is 4.09. The van der Waals surface area contributed by atoms with Gasteiger partial charge in [0.05, 0.1) is 5.71 Å². The van der Waals surface area contributed by atoms with Crippen molar-refractivity contribution in [3.05, 3.63) is 30.0 Å². The number of H-pyrrole nitrogens is 1. The number of hydrogen-bond donors (Lipinski definition) is 2. The number of aromatic carboxylic acids is 1. The molecule has 0 bridgehead atoms. The summed E-state index contributed by atoms with van der Waals surface area (Å²) in [7, 11) is 0. The number of aromatic nitrogens is 2. The molecule has 2 N–H and O–H groups in total. The van der Waals surface area contributed by atoms with Crippen molar-refractivity contribution in [3.63, 3.8) is 0 Å². The Morgan fingerprint density at radius 2 is 2.43 bits per heavy atom. The van der Waals surface area contributed by atoms with Crippen molar-refractivity contribution in [1.82, 2.24) is 9.97 Å². The van der Waals surface area contributed by atoms with Crippen molar-refractivity contribution in [3.8, 4) is 0 Å². The van der Waals surface area contributed by atoms with E-state index >= 15 is 0 Å². The van der Waals surface area contributed by atoms with Gasteiger partial charge in [-0.25, -0.2) is 9.78 Å². The highest BCUT2D eigenvalue weighted by molar-refractivity contribution is 5.97. The molecule has 0 spiro atoms. The van der Waals surface area contributed by atoms with Crippen molar-refractivity contribution in [2.45, 2.75) is 13.8 Å². The molecule has 0 amide bonds. The van der Waals surface area contributed by atoms with Gasteiger partial charge >= 0.3 is 5.97 Å². The third-order valence-electron chi connectivity index (χ3n) is 1.56. The fourth-order valence-corrected chi connectivity index (χ4v) is 0.864. The Morgan fingerprint density at radius 1 is 1.71 bits per heavy atom. The highest BCUT2D eigenvalue weighted by atomic mass is 16.4. The number of nitrogens with one attached hydrogen (secondary N) is 1. The number of carboxylic acid groups (broad SMARTS) is 1.